The predicted molar refractivity (Wildman–Crippen MR) is 91.8 cm³/mol. The molecule has 1 aliphatic rings. The Balaban J connectivity index is 2.00. The van der Waals surface area contributed by atoms with Gasteiger partial charge in [0.25, 0.3) is 0 Å². The maximum Gasteiger partial charge on any atom is 0.182 e. The lowest BCUT2D eigenvalue weighted by Crippen LogP contribution is -2.17. The maximum atomic E-state index is 13.4. The first-order chi connectivity index (χ1) is 10.8. The van der Waals surface area contributed by atoms with Crippen LogP contribution in [0.2, 0.25) is 5.02 Å². The van der Waals surface area contributed by atoms with Crippen molar-refractivity contribution >= 4 is 38.6 Å². The number of nitrogens with two attached hydrogens (primary N) is 1. The van der Waals surface area contributed by atoms with Crippen molar-refractivity contribution < 1.29 is 12.8 Å². The van der Waals surface area contributed by atoms with Gasteiger partial charge in [0.2, 0.25) is 0 Å². The highest BCUT2D eigenvalue weighted by Gasteiger charge is 2.60. The van der Waals surface area contributed by atoms with E-state index in [-0.39, 0.29) is 9.88 Å². The maximum absolute atomic E-state index is 13.4. The van der Waals surface area contributed by atoms with E-state index in [4.69, 9.17) is 29.6 Å². The second-order valence-corrected chi connectivity index (χ2v) is 8.49. The van der Waals surface area contributed by atoms with E-state index < -0.39 is 32.7 Å². The van der Waals surface area contributed by atoms with Crippen molar-refractivity contribution in [3.63, 3.8) is 0 Å². The fourth-order valence-corrected chi connectivity index (χ4v) is 5.56. The molecule has 0 amide bonds. The van der Waals surface area contributed by atoms with Crippen LogP contribution in [-0.4, -0.2) is 18.7 Å². The summed E-state index contributed by atoms with van der Waals surface area (Å²) >= 11 is 10.8. The minimum atomic E-state index is -3.64. The van der Waals surface area contributed by atoms with Crippen LogP contribution in [0.3, 0.4) is 0 Å². The summed E-state index contributed by atoms with van der Waals surface area (Å²) in [7, 11) is -3.64. The first-order valence-corrected chi connectivity index (χ1v) is 9.20. The molecule has 0 aliphatic heterocycles. The molecule has 2 aromatic carbocycles. The normalized spacial score (nSPS) is 23.5. The number of hydrogen-bond donors (Lipinski definition) is 1. The van der Waals surface area contributed by atoms with Gasteiger partial charge in [-0.1, -0.05) is 36.0 Å². The van der Waals surface area contributed by atoms with E-state index in [0.29, 0.717) is 10.6 Å². The molecule has 1 aliphatic carbocycles. The third-order valence-corrected chi connectivity index (χ3v) is 6.77. The highest BCUT2D eigenvalue weighted by atomic mass is 35.5. The third-order valence-electron chi connectivity index (χ3n) is 4.02. The van der Waals surface area contributed by atoms with Crippen LogP contribution in [0.5, 0.6) is 0 Å². The Hall–Kier alpha value is -1.50. The summed E-state index contributed by atoms with van der Waals surface area (Å²) in [6, 6.07) is 11.8. The lowest BCUT2D eigenvalue weighted by molar-refractivity contribution is 0.593. The van der Waals surface area contributed by atoms with E-state index in [9.17, 15) is 12.8 Å². The van der Waals surface area contributed by atoms with Crippen LogP contribution in [0.15, 0.2) is 53.4 Å². The minimum absolute atomic E-state index is 0.127. The molecule has 1 fully saturated rings. The van der Waals surface area contributed by atoms with E-state index in [0.717, 1.165) is 0 Å². The molecule has 3 atom stereocenters. The Morgan fingerprint density at radius 1 is 1.17 bits per heavy atom. The molecule has 120 valence electrons. The summed E-state index contributed by atoms with van der Waals surface area (Å²) in [6.07, 6.45) is 0. The molecule has 0 unspecified atom stereocenters. The van der Waals surface area contributed by atoms with Gasteiger partial charge in [-0.25, -0.2) is 12.8 Å². The van der Waals surface area contributed by atoms with Crippen LogP contribution in [0.1, 0.15) is 11.5 Å². The first-order valence-electron chi connectivity index (χ1n) is 6.86. The summed E-state index contributed by atoms with van der Waals surface area (Å²) in [4.78, 5) is 0.286. The minimum Gasteiger partial charge on any atom is -0.393 e. The second kappa shape index (κ2) is 5.85. The molecule has 0 aromatic heterocycles. The smallest absolute Gasteiger partial charge is 0.182 e. The van der Waals surface area contributed by atoms with Crippen molar-refractivity contribution in [2.45, 2.75) is 16.1 Å². The van der Waals surface area contributed by atoms with Crippen LogP contribution < -0.4 is 5.73 Å². The molecule has 3 nitrogen and oxygen atoms in total. The lowest BCUT2D eigenvalue weighted by atomic mass is 10.1. The zero-order chi connectivity index (χ0) is 16.8. The van der Waals surface area contributed by atoms with E-state index in [1.54, 1.807) is 12.1 Å². The topological polar surface area (TPSA) is 60.2 Å². The van der Waals surface area contributed by atoms with Crippen LogP contribution >= 0.6 is 23.8 Å². The van der Waals surface area contributed by atoms with E-state index >= 15 is 0 Å². The van der Waals surface area contributed by atoms with Gasteiger partial charge < -0.3 is 5.73 Å². The number of sulfone groups is 1. The average Bonchev–Trinajstić information content (AvgIpc) is 3.24. The predicted octanol–water partition coefficient (Wildman–Crippen LogP) is 3.32. The lowest BCUT2D eigenvalue weighted by Gasteiger charge is -2.04. The molecule has 23 heavy (non-hydrogen) atoms. The van der Waals surface area contributed by atoms with Gasteiger partial charge in [0.1, 0.15) is 5.82 Å². The number of rotatable bonds is 4. The van der Waals surface area contributed by atoms with Crippen molar-refractivity contribution in [1.82, 2.24) is 0 Å². The molecular formula is C16H13ClFNO2S2. The van der Waals surface area contributed by atoms with E-state index in [1.807, 2.05) is 0 Å². The van der Waals surface area contributed by atoms with Crippen LogP contribution in [0.4, 0.5) is 4.39 Å². The van der Waals surface area contributed by atoms with Gasteiger partial charge in [-0.2, -0.15) is 0 Å². The quantitative estimate of drug-likeness (QED) is 0.840. The summed E-state index contributed by atoms with van der Waals surface area (Å²) in [5.74, 6) is -1.34. The fraction of sp³-hybridized carbons (Fsp3) is 0.188. The molecule has 3 rings (SSSR count). The summed E-state index contributed by atoms with van der Waals surface area (Å²) < 4.78 is 39.1. The molecule has 0 bridgehead atoms. The van der Waals surface area contributed by atoms with Crippen molar-refractivity contribution in [2.24, 2.45) is 11.7 Å². The summed E-state index contributed by atoms with van der Waals surface area (Å²) in [5.41, 5.74) is 6.29. The standard InChI is InChI=1S/C16H13ClFNO2S2/c17-10-4-6-12(7-5-10)23(20,21)15-13(14(15)16(19)22)9-2-1-3-11(18)8-9/h1-8,13-15H,(H2,19,22)/t13-,14-,15-/m0/s1. The first kappa shape index (κ1) is 16.4. The fourth-order valence-electron chi connectivity index (χ4n) is 2.90. The molecule has 0 radical (unpaired) electrons. The zero-order valence-corrected chi connectivity index (χ0v) is 14.2. The zero-order valence-electron chi connectivity index (χ0n) is 11.8. The van der Waals surface area contributed by atoms with E-state index in [1.165, 1.54) is 36.4 Å². The van der Waals surface area contributed by atoms with Gasteiger partial charge in [-0.05, 0) is 42.0 Å². The van der Waals surface area contributed by atoms with Crippen LogP contribution in [0.25, 0.3) is 0 Å². The highest BCUT2D eigenvalue weighted by molar-refractivity contribution is 7.92. The Morgan fingerprint density at radius 3 is 2.39 bits per heavy atom. The molecule has 0 spiro atoms. The second-order valence-electron chi connectivity index (χ2n) is 5.47. The molecule has 2 N–H and O–H groups in total. The van der Waals surface area contributed by atoms with Gasteiger partial charge in [-0.3, -0.25) is 0 Å². The molecular weight excluding hydrogens is 357 g/mol. The largest absolute Gasteiger partial charge is 0.393 e. The van der Waals surface area contributed by atoms with Gasteiger partial charge in [0.05, 0.1) is 15.1 Å². The summed E-state index contributed by atoms with van der Waals surface area (Å²) in [6.45, 7) is 0. The molecule has 7 heteroatoms. The van der Waals surface area contributed by atoms with E-state index in [2.05, 4.69) is 0 Å². The summed E-state index contributed by atoms with van der Waals surface area (Å²) in [5, 5.41) is -0.324. The van der Waals surface area contributed by atoms with Crippen molar-refractivity contribution in [1.29, 1.82) is 0 Å². The SMILES string of the molecule is NC(=S)[C@H]1[C@H](c2cccc(F)c2)[C@@H]1S(=O)(=O)c1ccc(Cl)cc1. The van der Waals surface area contributed by atoms with Crippen molar-refractivity contribution in [3.05, 3.63) is 64.9 Å². The average molecular weight is 370 g/mol. The van der Waals surface area contributed by atoms with Gasteiger partial charge in [-0.15, -0.1) is 0 Å². The number of hydrogen-bond acceptors (Lipinski definition) is 3. The Morgan fingerprint density at radius 2 is 1.83 bits per heavy atom. The monoisotopic (exact) mass is 369 g/mol. The number of thiocarbonyl (C=S) groups is 1. The Labute approximate surface area is 144 Å². The number of halogens is 2. The van der Waals surface area contributed by atoms with Gasteiger partial charge >= 0.3 is 0 Å². The van der Waals surface area contributed by atoms with Crippen LogP contribution in [-0.2, 0) is 9.84 Å². The Kier molecular flexibility index (Phi) is 4.16. The van der Waals surface area contributed by atoms with Gasteiger partial charge in [0, 0.05) is 16.9 Å². The molecule has 0 saturated heterocycles. The van der Waals surface area contributed by atoms with Gasteiger partial charge in [0.15, 0.2) is 9.84 Å². The number of benzene rings is 2. The van der Waals surface area contributed by atoms with Crippen LogP contribution in [0, 0.1) is 11.7 Å². The Bertz CT molecular complexity index is 868. The third kappa shape index (κ3) is 2.98. The molecule has 0 heterocycles. The molecule has 1 saturated carbocycles. The van der Waals surface area contributed by atoms with Crippen molar-refractivity contribution in [3.8, 4) is 0 Å². The highest BCUT2D eigenvalue weighted by Crippen LogP contribution is 2.54. The molecule has 2 aromatic rings. The van der Waals surface area contributed by atoms with Crippen molar-refractivity contribution in [2.75, 3.05) is 0 Å².